The van der Waals surface area contributed by atoms with Gasteiger partial charge in [0.15, 0.2) is 5.11 Å². The molecule has 2 aromatic rings. The number of hydrogen-bond acceptors (Lipinski definition) is 4. The van der Waals surface area contributed by atoms with Crippen molar-refractivity contribution in [2.45, 2.75) is 6.61 Å². The van der Waals surface area contributed by atoms with Gasteiger partial charge < -0.3 is 4.74 Å². The Morgan fingerprint density at radius 3 is 2.21 bits per heavy atom. The van der Waals surface area contributed by atoms with E-state index in [2.05, 4.69) is 42.5 Å². The number of halogens is 4. The lowest BCUT2D eigenvalue weighted by atomic mass is 10.1. The van der Waals surface area contributed by atoms with Crippen molar-refractivity contribution < 1.29 is 14.3 Å². The fourth-order valence-electron chi connectivity index (χ4n) is 2.36. The molecular weight excluding hydrogens is 555 g/mol. The van der Waals surface area contributed by atoms with Crippen molar-refractivity contribution in [3.8, 4) is 5.75 Å². The average Bonchev–Trinajstić information content (AvgIpc) is 2.59. The van der Waals surface area contributed by atoms with Crippen LogP contribution in [0, 0.1) is 0 Å². The third kappa shape index (κ3) is 4.93. The van der Waals surface area contributed by atoms with Gasteiger partial charge in [0.25, 0.3) is 11.8 Å². The van der Waals surface area contributed by atoms with E-state index in [4.69, 9.17) is 40.2 Å². The molecule has 0 bridgehead atoms. The molecule has 10 heteroatoms. The molecule has 1 heterocycles. The fraction of sp³-hybridized carbons (Fsp3) is 0.0556. The first kappa shape index (κ1) is 21.3. The minimum atomic E-state index is -0.557. The lowest BCUT2D eigenvalue weighted by molar-refractivity contribution is -0.123. The maximum absolute atomic E-state index is 12.0. The molecule has 5 nitrogen and oxygen atoms in total. The van der Waals surface area contributed by atoms with Crippen LogP contribution in [-0.2, 0) is 16.2 Å². The van der Waals surface area contributed by atoms with Gasteiger partial charge in [0, 0.05) is 15.6 Å². The van der Waals surface area contributed by atoms with E-state index >= 15 is 0 Å². The summed E-state index contributed by atoms with van der Waals surface area (Å²) < 4.78 is 7.12. The van der Waals surface area contributed by atoms with E-state index in [9.17, 15) is 9.59 Å². The van der Waals surface area contributed by atoms with Crippen molar-refractivity contribution in [1.82, 2.24) is 10.6 Å². The van der Waals surface area contributed by atoms with Crippen LogP contribution in [0.15, 0.2) is 44.9 Å². The third-order valence-corrected chi connectivity index (χ3v) is 5.63. The normalized spacial score (nSPS) is 13.9. The molecule has 2 N–H and O–H groups in total. The second kappa shape index (κ2) is 8.92. The predicted octanol–water partition coefficient (Wildman–Crippen LogP) is 5.01. The maximum atomic E-state index is 12.0. The highest BCUT2D eigenvalue weighted by molar-refractivity contribution is 9.11. The molecule has 3 rings (SSSR count). The summed E-state index contributed by atoms with van der Waals surface area (Å²) in [5, 5.41) is 5.82. The quantitative estimate of drug-likeness (QED) is 0.311. The minimum Gasteiger partial charge on any atom is -0.486 e. The van der Waals surface area contributed by atoms with E-state index in [-0.39, 0.29) is 17.3 Å². The fourth-order valence-corrected chi connectivity index (χ4v) is 4.46. The molecule has 28 heavy (non-hydrogen) atoms. The van der Waals surface area contributed by atoms with Crippen molar-refractivity contribution in [1.29, 1.82) is 0 Å². The number of hydrogen-bond donors (Lipinski definition) is 2. The van der Waals surface area contributed by atoms with Crippen LogP contribution in [0.1, 0.15) is 11.1 Å². The number of nitrogens with one attached hydrogen (secondary N) is 2. The molecule has 2 amide bonds. The predicted molar refractivity (Wildman–Crippen MR) is 119 cm³/mol. The van der Waals surface area contributed by atoms with Gasteiger partial charge in [-0.3, -0.25) is 20.2 Å². The Hall–Kier alpha value is -1.45. The molecule has 2 aromatic carbocycles. The lowest BCUT2D eigenvalue weighted by Gasteiger charge is -2.17. The first-order valence-corrected chi connectivity index (χ1v) is 10.4. The number of rotatable bonds is 4. The first-order chi connectivity index (χ1) is 13.2. The lowest BCUT2D eigenvalue weighted by Crippen LogP contribution is -2.51. The van der Waals surface area contributed by atoms with Crippen molar-refractivity contribution in [3.05, 3.63) is 66.0 Å². The standard InChI is InChI=1S/C18H10Br2Cl2N2O3S/c19-12-4-8(3-11-16(25)23-18(28)24-17(11)26)5-13(20)15(12)27-7-9-1-2-10(21)6-14(9)22/h1-6H,7H2,(H2,23,24,25,26,28). The number of carbonyl (C=O) groups excluding carboxylic acids is 2. The molecular formula is C18H10Br2Cl2N2O3S. The largest absolute Gasteiger partial charge is 0.486 e. The molecule has 1 saturated heterocycles. The molecule has 0 radical (unpaired) electrons. The zero-order valence-corrected chi connectivity index (χ0v) is 19.3. The Bertz CT molecular complexity index is 998. The highest BCUT2D eigenvalue weighted by atomic mass is 79.9. The second-order valence-electron chi connectivity index (χ2n) is 5.63. The summed E-state index contributed by atoms with van der Waals surface area (Å²) in [6.07, 6.45) is 1.46. The summed E-state index contributed by atoms with van der Waals surface area (Å²) in [5.74, 6) is -0.565. The van der Waals surface area contributed by atoms with Gasteiger partial charge >= 0.3 is 0 Å². The number of carbonyl (C=O) groups is 2. The SMILES string of the molecule is O=C1NC(=S)NC(=O)C1=Cc1cc(Br)c(OCc2ccc(Cl)cc2Cl)c(Br)c1. The Morgan fingerprint density at radius 1 is 1.04 bits per heavy atom. The molecule has 1 aliphatic rings. The molecule has 0 spiro atoms. The van der Waals surface area contributed by atoms with E-state index in [0.29, 0.717) is 30.3 Å². The van der Waals surface area contributed by atoms with Crippen LogP contribution >= 0.6 is 67.3 Å². The second-order valence-corrected chi connectivity index (χ2v) is 8.59. The van der Waals surface area contributed by atoms with Crippen LogP contribution < -0.4 is 15.4 Å². The number of amides is 2. The zero-order chi connectivity index (χ0) is 20.4. The number of ether oxygens (including phenoxy) is 1. The molecule has 0 unspecified atom stereocenters. The van der Waals surface area contributed by atoms with Gasteiger partial charge in [-0.05, 0) is 80.0 Å². The topological polar surface area (TPSA) is 67.4 Å². The van der Waals surface area contributed by atoms with Crippen LogP contribution in [-0.4, -0.2) is 16.9 Å². The monoisotopic (exact) mass is 562 g/mol. The van der Waals surface area contributed by atoms with E-state index in [1.54, 1.807) is 30.3 Å². The molecule has 0 atom stereocenters. The van der Waals surface area contributed by atoms with Gasteiger partial charge in [-0.1, -0.05) is 29.3 Å². The van der Waals surface area contributed by atoms with Gasteiger partial charge in [0.05, 0.1) is 8.95 Å². The van der Waals surface area contributed by atoms with Crippen molar-refractivity contribution in [3.63, 3.8) is 0 Å². The Morgan fingerprint density at radius 2 is 1.64 bits per heavy atom. The average molecular weight is 565 g/mol. The van der Waals surface area contributed by atoms with E-state index in [1.165, 1.54) is 6.08 Å². The van der Waals surface area contributed by atoms with E-state index in [1.807, 2.05) is 0 Å². The van der Waals surface area contributed by atoms with Gasteiger partial charge in [-0.25, -0.2) is 0 Å². The van der Waals surface area contributed by atoms with Gasteiger partial charge in [0.2, 0.25) is 0 Å². The molecule has 0 aromatic heterocycles. The summed E-state index contributed by atoms with van der Waals surface area (Å²) in [6.45, 7) is 0.232. The summed E-state index contributed by atoms with van der Waals surface area (Å²) in [6, 6.07) is 8.62. The summed E-state index contributed by atoms with van der Waals surface area (Å²) in [4.78, 5) is 23.9. The maximum Gasteiger partial charge on any atom is 0.263 e. The molecule has 1 fully saturated rings. The van der Waals surface area contributed by atoms with Crippen LogP contribution in [0.4, 0.5) is 0 Å². The van der Waals surface area contributed by atoms with Crippen LogP contribution in [0.2, 0.25) is 10.0 Å². The Balaban J connectivity index is 1.83. The molecule has 144 valence electrons. The van der Waals surface area contributed by atoms with E-state index < -0.39 is 11.8 Å². The van der Waals surface area contributed by atoms with Crippen molar-refractivity contribution in [2.75, 3.05) is 0 Å². The summed E-state index contributed by atoms with van der Waals surface area (Å²) >= 11 is 23.7. The highest BCUT2D eigenvalue weighted by Gasteiger charge is 2.25. The Labute approximate surface area is 192 Å². The van der Waals surface area contributed by atoms with Crippen molar-refractivity contribution >= 4 is 90.3 Å². The minimum absolute atomic E-state index is 0.0147. The van der Waals surface area contributed by atoms with Crippen LogP contribution in [0.5, 0.6) is 5.75 Å². The summed E-state index contributed by atoms with van der Waals surface area (Å²) in [5.41, 5.74) is 1.35. The summed E-state index contributed by atoms with van der Waals surface area (Å²) in [7, 11) is 0. The zero-order valence-electron chi connectivity index (χ0n) is 13.8. The number of thiocarbonyl (C=S) groups is 1. The number of benzene rings is 2. The first-order valence-electron chi connectivity index (χ1n) is 7.68. The highest BCUT2D eigenvalue weighted by Crippen LogP contribution is 2.36. The molecule has 1 aliphatic heterocycles. The van der Waals surface area contributed by atoms with Gasteiger partial charge in [0.1, 0.15) is 17.9 Å². The van der Waals surface area contributed by atoms with Gasteiger partial charge in [-0.2, -0.15) is 0 Å². The van der Waals surface area contributed by atoms with E-state index in [0.717, 1.165) is 5.56 Å². The van der Waals surface area contributed by atoms with Crippen LogP contribution in [0.3, 0.4) is 0 Å². The Kier molecular flexibility index (Phi) is 6.77. The van der Waals surface area contributed by atoms with Gasteiger partial charge in [-0.15, -0.1) is 0 Å². The van der Waals surface area contributed by atoms with Crippen molar-refractivity contribution in [2.24, 2.45) is 0 Å². The third-order valence-electron chi connectivity index (χ3n) is 3.66. The molecule has 0 saturated carbocycles. The van der Waals surface area contributed by atoms with Crippen LogP contribution in [0.25, 0.3) is 6.08 Å². The smallest absolute Gasteiger partial charge is 0.263 e. The molecule has 0 aliphatic carbocycles.